The number of alkyl halides is 3. The Balaban J connectivity index is 2.60. The third-order valence-electron chi connectivity index (χ3n) is 3.13. The second kappa shape index (κ2) is 5.44. The lowest BCUT2D eigenvalue weighted by Crippen LogP contribution is -2.51. The minimum absolute atomic E-state index is 0.0976. The molecule has 0 spiro atoms. The van der Waals surface area contributed by atoms with Gasteiger partial charge in [0.2, 0.25) is 0 Å². The van der Waals surface area contributed by atoms with E-state index in [1.807, 2.05) is 0 Å². The van der Waals surface area contributed by atoms with Gasteiger partial charge in [0.1, 0.15) is 0 Å². The first kappa shape index (κ1) is 15.2. The molecule has 1 N–H and O–H groups in total. The van der Waals surface area contributed by atoms with E-state index in [1.54, 1.807) is 0 Å². The van der Waals surface area contributed by atoms with Gasteiger partial charge in [-0.2, -0.15) is 13.2 Å². The van der Waals surface area contributed by atoms with E-state index in [9.17, 15) is 23.1 Å². The maximum absolute atomic E-state index is 12.6. The Labute approximate surface area is 104 Å². The first-order valence-corrected chi connectivity index (χ1v) is 5.76. The van der Waals surface area contributed by atoms with Crippen LogP contribution in [0.2, 0.25) is 0 Å². The Morgan fingerprint density at radius 2 is 2.11 bits per heavy atom. The highest BCUT2D eigenvalue weighted by Gasteiger charge is 2.43. The molecule has 1 aliphatic heterocycles. The van der Waals surface area contributed by atoms with Crippen LogP contribution in [0.1, 0.15) is 19.8 Å². The maximum atomic E-state index is 12.6. The second-order valence-corrected chi connectivity index (χ2v) is 4.88. The lowest BCUT2D eigenvalue weighted by molar-refractivity contribution is -0.190. The largest absolute Gasteiger partial charge is 0.467 e. The zero-order valence-electron chi connectivity index (χ0n) is 10.5. The molecule has 2 unspecified atom stereocenters. The van der Waals surface area contributed by atoms with Crippen molar-refractivity contribution >= 4 is 5.97 Å². The number of methoxy groups -OCH3 is 1. The normalized spacial score (nSPS) is 25.6. The van der Waals surface area contributed by atoms with Crippen molar-refractivity contribution in [2.24, 2.45) is 5.92 Å². The van der Waals surface area contributed by atoms with Crippen molar-refractivity contribution in [3.8, 4) is 0 Å². The topological polar surface area (TPSA) is 49.8 Å². The number of halogens is 3. The van der Waals surface area contributed by atoms with Crippen LogP contribution in [-0.4, -0.2) is 54.5 Å². The molecular weight excluding hydrogens is 251 g/mol. The van der Waals surface area contributed by atoms with Gasteiger partial charge in [-0.1, -0.05) is 0 Å². The molecule has 0 bridgehead atoms. The molecule has 0 aromatic rings. The Hall–Kier alpha value is -0.820. The Morgan fingerprint density at radius 1 is 1.50 bits per heavy atom. The Kier molecular flexibility index (Phi) is 4.61. The van der Waals surface area contributed by atoms with Crippen molar-refractivity contribution in [3.05, 3.63) is 0 Å². The van der Waals surface area contributed by atoms with E-state index in [2.05, 4.69) is 4.74 Å². The molecule has 0 aromatic heterocycles. The summed E-state index contributed by atoms with van der Waals surface area (Å²) in [6.45, 7) is 1.36. The molecule has 1 fully saturated rings. The minimum atomic E-state index is -4.23. The van der Waals surface area contributed by atoms with Gasteiger partial charge < -0.3 is 9.84 Å². The number of rotatable bonds is 3. The Bertz CT molecular complexity index is 304. The molecule has 7 heteroatoms. The van der Waals surface area contributed by atoms with Crippen LogP contribution in [0.15, 0.2) is 0 Å². The molecular formula is C11H18F3NO3. The van der Waals surface area contributed by atoms with Gasteiger partial charge in [0.05, 0.1) is 13.0 Å². The summed E-state index contributed by atoms with van der Waals surface area (Å²) in [7, 11) is 1.13. The number of nitrogens with zero attached hydrogens (tertiary/aromatic N) is 1. The zero-order valence-corrected chi connectivity index (χ0v) is 10.5. The number of likely N-dealkylation sites (tertiary alicyclic amines) is 1. The third-order valence-corrected chi connectivity index (χ3v) is 3.13. The fourth-order valence-corrected chi connectivity index (χ4v) is 2.19. The van der Waals surface area contributed by atoms with E-state index in [0.717, 1.165) is 7.11 Å². The average Bonchev–Trinajstić information content (AvgIpc) is 2.26. The zero-order chi connectivity index (χ0) is 14.0. The summed E-state index contributed by atoms with van der Waals surface area (Å²) >= 11 is 0. The number of aliphatic hydroxyl groups is 1. The number of esters is 1. The van der Waals surface area contributed by atoms with Gasteiger partial charge in [-0.15, -0.1) is 0 Å². The van der Waals surface area contributed by atoms with Crippen LogP contribution in [0.4, 0.5) is 13.2 Å². The minimum Gasteiger partial charge on any atom is -0.467 e. The summed E-state index contributed by atoms with van der Waals surface area (Å²) in [5.74, 6) is -2.23. The predicted octanol–water partition coefficient (Wildman–Crippen LogP) is 1.18. The van der Waals surface area contributed by atoms with Gasteiger partial charge in [-0.3, -0.25) is 4.90 Å². The van der Waals surface area contributed by atoms with Gasteiger partial charge in [0.15, 0.2) is 5.60 Å². The van der Waals surface area contributed by atoms with Crippen molar-refractivity contribution < 1.29 is 27.8 Å². The summed E-state index contributed by atoms with van der Waals surface area (Å²) in [6, 6.07) is 0. The lowest BCUT2D eigenvalue weighted by atomic mass is 9.96. The van der Waals surface area contributed by atoms with E-state index in [4.69, 9.17) is 0 Å². The van der Waals surface area contributed by atoms with Crippen molar-refractivity contribution in [3.63, 3.8) is 0 Å². The van der Waals surface area contributed by atoms with Crippen LogP contribution in [0.3, 0.4) is 0 Å². The van der Waals surface area contributed by atoms with Crippen LogP contribution in [0.5, 0.6) is 0 Å². The highest BCUT2D eigenvalue weighted by molar-refractivity contribution is 5.78. The van der Waals surface area contributed by atoms with Crippen LogP contribution in [0, 0.1) is 5.92 Å². The molecule has 18 heavy (non-hydrogen) atoms. The average molecular weight is 269 g/mol. The van der Waals surface area contributed by atoms with Crippen molar-refractivity contribution in [2.75, 3.05) is 26.7 Å². The van der Waals surface area contributed by atoms with Crippen LogP contribution in [-0.2, 0) is 9.53 Å². The van der Waals surface area contributed by atoms with E-state index < -0.39 is 23.7 Å². The first-order valence-electron chi connectivity index (χ1n) is 5.76. The summed E-state index contributed by atoms with van der Waals surface area (Å²) < 4.78 is 42.2. The van der Waals surface area contributed by atoms with Gasteiger partial charge in [0.25, 0.3) is 0 Å². The monoisotopic (exact) mass is 269 g/mol. The van der Waals surface area contributed by atoms with E-state index in [1.165, 1.54) is 11.8 Å². The highest BCUT2D eigenvalue weighted by Crippen LogP contribution is 2.33. The molecule has 106 valence electrons. The van der Waals surface area contributed by atoms with Crippen LogP contribution < -0.4 is 0 Å². The number of carbonyl (C=O) groups excluding carboxylic acids is 1. The van der Waals surface area contributed by atoms with E-state index in [-0.39, 0.29) is 19.5 Å². The van der Waals surface area contributed by atoms with Crippen molar-refractivity contribution in [1.29, 1.82) is 0 Å². The number of β-amino-alcohol motifs (C(OH)–C–C–N with tert-alkyl or cyclic N) is 1. The SMILES string of the molecule is COC(=O)C(C)(O)CN1CCCC(C(F)(F)F)C1. The van der Waals surface area contributed by atoms with Gasteiger partial charge in [-0.25, -0.2) is 4.79 Å². The summed E-state index contributed by atoms with van der Waals surface area (Å²) in [5, 5.41) is 9.83. The summed E-state index contributed by atoms with van der Waals surface area (Å²) in [6.07, 6.45) is -3.72. The molecule has 1 heterocycles. The Morgan fingerprint density at radius 3 is 2.61 bits per heavy atom. The van der Waals surface area contributed by atoms with Gasteiger partial charge >= 0.3 is 12.1 Å². The molecule has 1 saturated heterocycles. The van der Waals surface area contributed by atoms with Crippen LogP contribution in [0.25, 0.3) is 0 Å². The summed E-state index contributed by atoms with van der Waals surface area (Å²) in [5.41, 5.74) is -1.78. The number of piperidine rings is 1. The molecule has 0 aromatic carbocycles. The standard InChI is InChI=1S/C11H18F3NO3/c1-10(17,9(16)18-2)7-15-5-3-4-8(6-15)11(12,13)14/h8,17H,3-7H2,1-2H3. The molecule has 1 aliphatic rings. The number of hydrogen-bond donors (Lipinski definition) is 1. The molecule has 0 aliphatic carbocycles. The lowest BCUT2D eigenvalue weighted by Gasteiger charge is -2.36. The quantitative estimate of drug-likeness (QED) is 0.782. The van der Waals surface area contributed by atoms with E-state index in [0.29, 0.717) is 13.0 Å². The van der Waals surface area contributed by atoms with Gasteiger partial charge in [-0.05, 0) is 26.3 Å². The molecule has 0 saturated carbocycles. The van der Waals surface area contributed by atoms with Crippen molar-refractivity contribution in [2.45, 2.75) is 31.5 Å². The predicted molar refractivity (Wildman–Crippen MR) is 57.9 cm³/mol. The van der Waals surface area contributed by atoms with E-state index >= 15 is 0 Å². The number of hydrogen-bond acceptors (Lipinski definition) is 4. The number of ether oxygens (including phenoxy) is 1. The first-order chi connectivity index (χ1) is 8.16. The fourth-order valence-electron chi connectivity index (χ4n) is 2.19. The molecule has 1 rings (SSSR count). The van der Waals surface area contributed by atoms with Crippen LogP contribution >= 0.6 is 0 Å². The highest BCUT2D eigenvalue weighted by atomic mass is 19.4. The number of carbonyl (C=O) groups is 1. The smallest absolute Gasteiger partial charge is 0.393 e. The molecule has 4 nitrogen and oxygen atoms in total. The molecule has 0 radical (unpaired) electrons. The molecule has 0 amide bonds. The van der Waals surface area contributed by atoms with Crippen molar-refractivity contribution in [1.82, 2.24) is 4.90 Å². The fraction of sp³-hybridized carbons (Fsp3) is 0.909. The second-order valence-electron chi connectivity index (χ2n) is 4.88. The maximum Gasteiger partial charge on any atom is 0.393 e. The third kappa shape index (κ3) is 3.84. The molecule has 2 atom stereocenters. The summed E-state index contributed by atoms with van der Waals surface area (Å²) in [4.78, 5) is 12.7. The van der Waals surface area contributed by atoms with Gasteiger partial charge in [0, 0.05) is 13.1 Å².